The fraction of sp³-hybridized carbons (Fsp3) is 0.333. The third kappa shape index (κ3) is 3.35. The highest BCUT2D eigenvalue weighted by Crippen LogP contribution is 2.19. The van der Waals surface area contributed by atoms with Crippen LogP contribution in [0.4, 0.5) is 0 Å². The Morgan fingerprint density at radius 2 is 1.96 bits per heavy atom. The number of fused-ring (bicyclic) bond motifs is 1. The van der Waals surface area contributed by atoms with Crippen molar-refractivity contribution in [2.75, 3.05) is 6.54 Å². The lowest BCUT2D eigenvalue weighted by Crippen LogP contribution is -2.44. The van der Waals surface area contributed by atoms with Crippen molar-refractivity contribution in [3.63, 3.8) is 0 Å². The van der Waals surface area contributed by atoms with Crippen molar-refractivity contribution in [1.29, 1.82) is 0 Å². The summed E-state index contributed by atoms with van der Waals surface area (Å²) in [6.45, 7) is 2.05. The van der Waals surface area contributed by atoms with Gasteiger partial charge in [-0.15, -0.1) is 0 Å². The summed E-state index contributed by atoms with van der Waals surface area (Å²) in [5.41, 5.74) is 1.00. The van der Waals surface area contributed by atoms with Crippen LogP contribution in [0, 0.1) is 0 Å². The molecule has 0 aromatic heterocycles. The summed E-state index contributed by atoms with van der Waals surface area (Å²) in [7, 11) is 0. The first kappa shape index (κ1) is 15.5. The van der Waals surface area contributed by atoms with Crippen LogP contribution in [-0.2, 0) is 16.1 Å². The van der Waals surface area contributed by atoms with Crippen molar-refractivity contribution < 1.29 is 14.7 Å². The number of nitrogens with one attached hydrogen (secondary N) is 1. The maximum Gasteiger partial charge on any atom is 0.243 e. The van der Waals surface area contributed by atoms with Crippen LogP contribution in [0.3, 0.4) is 0 Å². The van der Waals surface area contributed by atoms with Crippen LogP contribution in [0.2, 0.25) is 0 Å². The quantitative estimate of drug-likeness (QED) is 0.901. The van der Waals surface area contributed by atoms with Crippen LogP contribution in [-0.4, -0.2) is 40.5 Å². The Balaban J connectivity index is 1.66. The second kappa shape index (κ2) is 6.38. The van der Waals surface area contributed by atoms with Crippen molar-refractivity contribution in [2.45, 2.75) is 32.0 Å². The maximum absolute atomic E-state index is 12.3. The third-order valence-corrected chi connectivity index (χ3v) is 4.27. The number of rotatable bonds is 3. The highest BCUT2D eigenvalue weighted by Gasteiger charge is 2.37. The lowest BCUT2D eigenvalue weighted by atomic mass is 10.1. The van der Waals surface area contributed by atoms with Crippen LogP contribution < -0.4 is 5.32 Å². The summed E-state index contributed by atoms with van der Waals surface area (Å²) in [6, 6.07) is 13.5. The molecule has 3 rings (SSSR count). The molecular formula is C18H20N2O3. The van der Waals surface area contributed by atoms with E-state index in [9.17, 15) is 14.7 Å². The van der Waals surface area contributed by atoms with Gasteiger partial charge in [0.2, 0.25) is 11.8 Å². The average molecular weight is 312 g/mol. The number of hydrogen-bond donors (Lipinski definition) is 2. The van der Waals surface area contributed by atoms with Crippen molar-refractivity contribution in [1.82, 2.24) is 10.2 Å². The van der Waals surface area contributed by atoms with Crippen molar-refractivity contribution in [3.8, 4) is 0 Å². The molecular weight excluding hydrogens is 292 g/mol. The largest absolute Gasteiger partial charge is 0.391 e. The van der Waals surface area contributed by atoms with E-state index in [4.69, 9.17) is 0 Å². The van der Waals surface area contributed by atoms with E-state index in [0.29, 0.717) is 13.0 Å². The van der Waals surface area contributed by atoms with Gasteiger partial charge in [-0.1, -0.05) is 36.4 Å². The molecule has 0 radical (unpaired) electrons. The number of benzene rings is 2. The zero-order chi connectivity index (χ0) is 16.4. The fourth-order valence-corrected chi connectivity index (χ4v) is 3.07. The highest BCUT2D eigenvalue weighted by atomic mass is 16.3. The van der Waals surface area contributed by atoms with Crippen molar-refractivity contribution in [3.05, 3.63) is 48.0 Å². The molecule has 2 atom stereocenters. The van der Waals surface area contributed by atoms with Gasteiger partial charge in [-0.2, -0.15) is 0 Å². The Bertz CT molecular complexity index is 744. The first-order valence-corrected chi connectivity index (χ1v) is 7.75. The lowest BCUT2D eigenvalue weighted by molar-refractivity contribution is -0.137. The Morgan fingerprint density at radius 3 is 2.70 bits per heavy atom. The second-order valence-corrected chi connectivity index (χ2v) is 5.98. The van der Waals surface area contributed by atoms with E-state index < -0.39 is 12.1 Å². The predicted octanol–water partition coefficient (Wildman–Crippen LogP) is 1.44. The summed E-state index contributed by atoms with van der Waals surface area (Å²) in [5.74, 6) is -0.405. The molecule has 2 aromatic rings. The molecule has 0 bridgehead atoms. The summed E-state index contributed by atoms with van der Waals surface area (Å²) in [5, 5.41) is 14.8. The van der Waals surface area contributed by atoms with Gasteiger partial charge in [0.1, 0.15) is 6.04 Å². The van der Waals surface area contributed by atoms with E-state index in [1.165, 1.54) is 11.8 Å². The highest BCUT2D eigenvalue weighted by molar-refractivity contribution is 5.88. The Kier molecular flexibility index (Phi) is 4.30. The molecule has 1 heterocycles. The molecule has 1 saturated heterocycles. The molecule has 5 heteroatoms. The molecule has 0 unspecified atom stereocenters. The number of nitrogens with zero attached hydrogens (tertiary/aromatic N) is 1. The molecule has 5 nitrogen and oxygen atoms in total. The molecule has 0 spiro atoms. The second-order valence-electron chi connectivity index (χ2n) is 5.98. The summed E-state index contributed by atoms with van der Waals surface area (Å²) in [4.78, 5) is 25.3. The molecule has 1 aliphatic rings. The van der Waals surface area contributed by atoms with Crippen LogP contribution in [0.15, 0.2) is 42.5 Å². The minimum atomic E-state index is -0.629. The van der Waals surface area contributed by atoms with E-state index >= 15 is 0 Å². The number of carbonyl (C=O) groups excluding carboxylic acids is 2. The zero-order valence-corrected chi connectivity index (χ0v) is 13.0. The maximum atomic E-state index is 12.3. The Hall–Kier alpha value is -2.40. The molecule has 0 saturated carbocycles. The van der Waals surface area contributed by atoms with E-state index in [2.05, 4.69) is 5.32 Å². The van der Waals surface area contributed by atoms with Gasteiger partial charge in [-0.05, 0) is 22.4 Å². The van der Waals surface area contributed by atoms with Crippen LogP contribution in [0.5, 0.6) is 0 Å². The fourth-order valence-electron chi connectivity index (χ4n) is 3.07. The molecule has 1 fully saturated rings. The average Bonchev–Trinajstić information content (AvgIpc) is 2.95. The van der Waals surface area contributed by atoms with Gasteiger partial charge in [0.05, 0.1) is 6.10 Å². The van der Waals surface area contributed by atoms with E-state index in [1.54, 1.807) is 0 Å². The Morgan fingerprint density at radius 1 is 1.22 bits per heavy atom. The van der Waals surface area contributed by atoms with Gasteiger partial charge < -0.3 is 15.3 Å². The molecule has 1 aliphatic heterocycles. The monoisotopic (exact) mass is 312 g/mol. The Labute approximate surface area is 134 Å². The number of β-amino-alcohol motifs (C(OH)–C–C–N with tert-alkyl or cyclic N) is 1. The normalized spacial score (nSPS) is 20.7. The molecule has 2 aromatic carbocycles. The third-order valence-electron chi connectivity index (χ3n) is 4.27. The summed E-state index contributed by atoms with van der Waals surface area (Å²) in [6.07, 6.45) is -0.335. The van der Waals surface area contributed by atoms with Crippen molar-refractivity contribution >= 4 is 22.6 Å². The standard InChI is InChI=1S/C18H20N2O3/c1-12(21)20-11-16(22)9-17(20)18(23)19-10-13-6-7-14-4-2-3-5-15(14)8-13/h2-8,16-17,22H,9-11H2,1H3,(H,19,23)/t16-,17-/m1/s1. The SMILES string of the molecule is CC(=O)N1C[C@H](O)C[C@@H]1C(=O)NCc1ccc2ccccc2c1. The summed E-state index contributed by atoms with van der Waals surface area (Å²) >= 11 is 0. The topological polar surface area (TPSA) is 69.6 Å². The van der Waals surface area contributed by atoms with Crippen LogP contribution in [0.25, 0.3) is 10.8 Å². The smallest absolute Gasteiger partial charge is 0.243 e. The van der Waals surface area contributed by atoms with Gasteiger partial charge in [0, 0.05) is 26.4 Å². The predicted molar refractivity (Wildman–Crippen MR) is 87.6 cm³/mol. The zero-order valence-electron chi connectivity index (χ0n) is 13.0. The molecule has 0 aliphatic carbocycles. The first-order valence-electron chi connectivity index (χ1n) is 7.75. The lowest BCUT2D eigenvalue weighted by Gasteiger charge is -2.22. The van der Waals surface area contributed by atoms with Gasteiger partial charge in [0.25, 0.3) is 0 Å². The minimum absolute atomic E-state index is 0.188. The van der Waals surface area contributed by atoms with E-state index in [1.807, 2.05) is 42.5 Å². The van der Waals surface area contributed by atoms with Gasteiger partial charge in [-0.3, -0.25) is 9.59 Å². The number of hydrogen-bond acceptors (Lipinski definition) is 3. The van der Waals surface area contributed by atoms with Gasteiger partial charge in [0.15, 0.2) is 0 Å². The van der Waals surface area contributed by atoms with E-state index in [0.717, 1.165) is 16.3 Å². The molecule has 2 N–H and O–H groups in total. The van der Waals surface area contributed by atoms with Crippen molar-refractivity contribution in [2.24, 2.45) is 0 Å². The van der Waals surface area contributed by atoms with Gasteiger partial charge >= 0.3 is 0 Å². The molecule has 2 amide bonds. The van der Waals surface area contributed by atoms with Gasteiger partial charge in [-0.25, -0.2) is 0 Å². The summed E-state index contributed by atoms with van der Waals surface area (Å²) < 4.78 is 0. The first-order chi connectivity index (χ1) is 11.0. The molecule has 120 valence electrons. The van der Waals surface area contributed by atoms with Crippen LogP contribution >= 0.6 is 0 Å². The number of likely N-dealkylation sites (tertiary alicyclic amines) is 1. The number of aliphatic hydroxyl groups is 1. The number of aliphatic hydroxyl groups excluding tert-OH is 1. The number of amides is 2. The van der Waals surface area contributed by atoms with E-state index in [-0.39, 0.29) is 18.4 Å². The van der Waals surface area contributed by atoms with Crippen LogP contribution in [0.1, 0.15) is 18.9 Å². The minimum Gasteiger partial charge on any atom is -0.391 e. The number of carbonyl (C=O) groups is 2. The molecule has 23 heavy (non-hydrogen) atoms.